The van der Waals surface area contributed by atoms with Crippen LogP contribution >= 0.6 is 11.6 Å². The number of piperazine rings is 1. The van der Waals surface area contributed by atoms with Crippen LogP contribution in [0.1, 0.15) is 6.92 Å². The quantitative estimate of drug-likeness (QED) is 0.852. The Hall–Kier alpha value is -0.780. The summed E-state index contributed by atoms with van der Waals surface area (Å²) < 4.78 is 25.0. The molecule has 6 heteroatoms. The molecule has 0 bridgehead atoms. The van der Waals surface area contributed by atoms with Gasteiger partial charge >= 0.3 is 0 Å². The van der Waals surface area contributed by atoms with Crippen molar-refractivity contribution in [2.24, 2.45) is 0 Å². The van der Waals surface area contributed by atoms with Crippen molar-refractivity contribution >= 4 is 27.3 Å². The molecule has 1 aromatic carbocycles. The summed E-state index contributed by atoms with van der Waals surface area (Å²) in [5.41, 5.74) is 1.05. The largest absolute Gasteiger partial charge is 0.369 e. The fourth-order valence-electron chi connectivity index (χ4n) is 2.08. The molecule has 0 radical (unpaired) electrons. The molecule has 0 spiro atoms. The highest BCUT2D eigenvalue weighted by Gasteiger charge is 2.25. The molecule has 0 unspecified atom stereocenters. The molecule has 1 aliphatic rings. The highest BCUT2D eigenvalue weighted by atomic mass is 35.5. The number of anilines is 1. The molecule has 4 nitrogen and oxygen atoms in total. The summed E-state index contributed by atoms with van der Waals surface area (Å²) in [7, 11) is -3.05. The normalized spacial score (nSPS) is 18.0. The molecule has 0 aromatic heterocycles. The summed E-state index contributed by atoms with van der Waals surface area (Å²) in [6.07, 6.45) is 0. The van der Waals surface area contributed by atoms with Crippen LogP contribution in [-0.2, 0) is 10.0 Å². The minimum absolute atomic E-state index is 0.171. The molecule has 1 aliphatic heterocycles. The molecule has 2 rings (SSSR count). The number of hydrogen-bond acceptors (Lipinski definition) is 3. The number of nitrogens with zero attached hydrogens (tertiary/aromatic N) is 2. The molecule has 1 saturated heterocycles. The number of rotatable bonds is 3. The maximum Gasteiger partial charge on any atom is 0.213 e. The fourth-order valence-corrected chi connectivity index (χ4v) is 3.35. The molecular weight excluding hydrogens is 272 g/mol. The Bertz CT molecular complexity index is 511. The van der Waals surface area contributed by atoms with Crippen LogP contribution in [0.15, 0.2) is 24.3 Å². The van der Waals surface area contributed by atoms with Gasteiger partial charge in [-0.3, -0.25) is 0 Å². The first kappa shape index (κ1) is 13.6. The lowest BCUT2D eigenvalue weighted by Crippen LogP contribution is -2.49. The van der Waals surface area contributed by atoms with Gasteiger partial charge in [-0.15, -0.1) is 0 Å². The standard InChI is InChI=1S/C12H17ClN2O2S/c1-2-18(16,17)15-8-6-14(7-9-15)12-5-3-4-11(13)10-12/h3-5,10H,2,6-9H2,1H3. The zero-order valence-electron chi connectivity index (χ0n) is 10.3. The molecule has 0 N–H and O–H groups in total. The van der Waals surface area contributed by atoms with Gasteiger partial charge in [0, 0.05) is 36.9 Å². The van der Waals surface area contributed by atoms with Gasteiger partial charge in [-0.2, -0.15) is 4.31 Å². The van der Waals surface area contributed by atoms with E-state index in [-0.39, 0.29) is 5.75 Å². The van der Waals surface area contributed by atoms with Gasteiger partial charge in [0.25, 0.3) is 0 Å². The van der Waals surface area contributed by atoms with E-state index >= 15 is 0 Å². The van der Waals surface area contributed by atoms with Crippen molar-refractivity contribution in [2.75, 3.05) is 36.8 Å². The van der Waals surface area contributed by atoms with Crippen LogP contribution in [-0.4, -0.2) is 44.7 Å². The highest BCUT2D eigenvalue weighted by Crippen LogP contribution is 2.21. The van der Waals surface area contributed by atoms with Gasteiger partial charge in [-0.25, -0.2) is 8.42 Å². The minimum Gasteiger partial charge on any atom is -0.369 e. The number of hydrogen-bond donors (Lipinski definition) is 0. The first-order valence-electron chi connectivity index (χ1n) is 6.01. The summed E-state index contributed by atoms with van der Waals surface area (Å²) in [5, 5.41) is 0.705. The highest BCUT2D eigenvalue weighted by molar-refractivity contribution is 7.89. The molecule has 0 aliphatic carbocycles. The van der Waals surface area contributed by atoms with Crippen LogP contribution in [0.4, 0.5) is 5.69 Å². The second-order valence-corrected chi connectivity index (χ2v) is 6.96. The zero-order valence-corrected chi connectivity index (χ0v) is 11.9. The van der Waals surface area contributed by atoms with E-state index < -0.39 is 10.0 Å². The maximum atomic E-state index is 11.7. The van der Waals surface area contributed by atoms with Crippen LogP contribution < -0.4 is 4.90 Å². The van der Waals surface area contributed by atoms with Crippen LogP contribution in [0.5, 0.6) is 0 Å². The Kier molecular flexibility index (Phi) is 4.14. The molecule has 0 saturated carbocycles. The van der Waals surface area contributed by atoms with Crippen molar-refractivity contribution in [2.45, 2.75) is 6.92 Å². The average Bonchev–Trinajstić information content (AvgIpc) is 2.39. The Morgan fingerprint density at radius 3 is 2.44 bits per heavy atom. The van der Waals surface area contributed by atoms with Gasteiger partial charge in [-0.05, 0) is 25.1 Å². The van der Waals surface area contributed by atoms with Crippen LogP contribution in [0.3, 0.4) is 0 Å². The second kappa shape index (κ2) is 5.47. The van der Waals surface area contributed by atoms with E-state index in [1.807, 2.05) is 24.3 Å². The molecule has 0 amide bonds. The Morgan fingerprint density at radius 1 is 1.22 bits per heavy atom. The first-order valence-corrected chi connectivity index (χ1v) is 8.00. The summed E-state index contributed by atoms with van der Waals surface area (Å²) >= 11 is 5.95. The van der Waals surface area contributed by atoms with Crippen molar-refractivity contribution in [1.29, 1.82) is 0 Å². The van der Waals surface area contributed by atoms with E-state index in [4.69, 9.17) is 11.6 Å². The number of sulfonamides is 1. The number of halogens is 1. The monoisotopic (exact) mass is 288 g/mol. The molecule has 1 heterocycles. The molecule has 18 heavy (non-hydrogen) atoms. The van der Waals surface area contributed by atoms with Gasteiger partial charge in [0.05, 0.1) is 5.75 Å². The first-order chi connectivity index (χ1) is 8.53. The molecule has 100 valence electrons. The van der Waals surface area contributed by atoms with Crippen molar-refractivity contribution in [3.05, 3.63) is 29.3 Å². The van der Waals surface area contributed by atoms with E-state index in [0.717, 1.165) is 5.69 Å². The van der Waals surface area contributed by atoms with E-state index in [9.17, 15) is 8.42 Å². The van der Waals surface area contributed by atoms with E-state index in [1.165, 1.54) is 0 Å². The Labute approximate surface area is 113 Å². The number of benzene rings is 1. The second-order valence-electron chi connectivity index (χ2n) is 4.27. The molecular formula is C12H17ClN2O2S. The lowest BCUT2D eigenvalue weighted by atomic mass is 10.2. The third kappa shape index (κ3) is 2.96. The lowest BCUT2D eigenvalue weighted by Gasteiger charge is -2.35. The van der Waals surface area contributed by atoms with E-state index in [2.05, 4.69) is 4.90 Å². The third-order valence-corrected chi connectivity index (χ3v) is 5.29. The van der Waals surface area contributed by atoms with Gasteiger partial charge in [-0.1, -0.05) is 17.7 Å². The zero-order chi connectivity index (χ0) is 13.2. The average molecular weight is 289 g/mol. The molecule has 0 atom stereocenters. The topological polar surface area (TPSA) is 40.6 Å². The maximum absolute atomic E-state index is 11.7. The summed E-state index contributed by atoms with van der Waals surface area (Å²) in [6, 6.07) is 7.65. The SMILES string of the molecule is CCS(=O)(=O)N1CCN(c2cccc(Cl)c2)CC1. The van der Waals surface area contributed by atoms with Gasteiger partial charge < -0.3 is 4.90 Å². The van der Waals surface area contributed by atoms with Crippen molar-refractivity contribution in [3.63, 3.8) is 0 Å². The van der Waals surface area contributed by atoms with Crippen molar-refractivity contribution in [1.82, 2.24) is 4.31 Å². The smallest absolute Gasteiger partial charge is 0.213 e. The third-order valence-electron chi connectivity index (χ3n) is 3.17. The summed E-state index contributed by atoms with van der Waals surface area (Å²) in [6.45, 7) is 4.18. The summed E-state index contributed by atoms with van der Waals surface area (Å²) in [5.74, 6) is 0.171. The fraction of sp³-hybridized carbons (Fsp3) is 0.500. The van der Waals surface area contributed by atoms with Crippen LogP contribution in [0.25, 0.3) is 0 Å². The van der Waals surface area contributed by atoms with E-state index in [0.29, 0.717) is 31.2 Å². The van der Waals surface area contributed by atoms with Crippen LogP contribution in [0, 0.1) is 0 Å². The van der Waals surface area contributed by atoms with E-state index in [1.54, 1.807) is 11.2 Å². The predicted octanol–water partition coefficient (Wildman–Crippen LogP) is 1.81. The lowest BCUT2D eigenvalue weighted by molar-refractivity contribution is 0.385. The van der Waals surface area contributed by atoms with Gasteiger partial charge in [0.1, 0.15) is 0 Å². The summed E-state index contributed by atoms with van der Waals surface area (Å²) in [4.78, 5) is 2.16. The molecule has 1 fully saturated rings. The van der Waals surface area contributed by atoms with Crippen LogP contribution in [0.2, 0.25) is 5.02 Å². The van der Waals surface area contributed by atoms with Gasteiger partial charge in [0.2, 0.25) is 10.0 Å². The van der Waals surface area contributed by atoms with Gasteiger partial charge in [0.15, 0.2) is 0 Å². The van der Waals surface area contributed by atoms with Crippen molar-refractivity contribution in [3.8, 4) is 0 Å². The molecule has 1 aromatic rings. The predicted molar refractivity (Wildman–Crippen MR) is 74.7 cm³/mol. The van der Waals surface area contributed by atoms with Crippen molar-refractivity contribution < 1.29 is 8.42 Å². The Balaban J connectivity index is 2.03. The minimum atomic E-state index is -3.05. The Morgan fingerprint density at radius 2 is 1.89 bits per heavy atom.